The predicted octanol–water partition coefficient (Wildman–Crippen LogP) is 3.19. The minimum Gasteiger partial charge on any atom is -0.328 e. The van der Waals surface area contributed by atoms with E-state index in [1.807, 2.05) is 0 Å². The van der Waals surface area contributed by atoms with E-state index in [4.69, 9.17) is 5.73 Å². The van der Waals surface area contributed by atoms with Crippen LogP contribution >= 0.6 is 0 Å². The maximum Gasteiger partial charge on any atom is 0.00414 e. The summed E-state index contributed by atoms with van der Waals surface area (Å²) in [5.74, 6) is 3.75. The molecule has 14 heavy (non-hydrogen) atoms. The highest BCUT2D eigenvalue weighted by molar-refractivity contribution is 4.90. The van der Waals surface area contributed by atoms with Crippen LogP contribution in [0.3, 0.4) is 0 Å². The van der Waals surface area contributed by atoms with Crippen LogP contribution in [0.4, 0.5) is 0 Å². The maximum atomic E-state index is 6.05. The molecule has 0 spiro atoms. The van der Waals surface area contributed by atoms with Crippen molar-refractivity contribution in [3.63, 3.8) is 0 Å². The molecule has 2 fully saturated rings. The van der Waals surface area contributed by atoms with Crippen molar-refractivity contribution < 1.29 is 0 Å². The van der Waals surface area contributed by atoms with Crippen molar-refractivity contribution in [2.45, 2.75) is 58.4 Å². The summed E-state index contributed by atoms with van der Waals surface area (Å²) in [6.45, 7) is 4.64. The van der Waals surface area contributed by atoms with Gasteiger partial charge < -0.3 is 5.73 Å². The summed E-state index contributed by atoms with van der Waals surface area (Å²) in [6.07, 6.45) is 8.81. The Bertz CT molecular complexity index is 182. The first-order chi connectivity index (χ1) is 6.70. The van der Waals surface area contributed by atoms with Crippen molar-refractivity contribution in [1.29, 1.82) is 0 Å². The largest absolute Gasteiger partial charge is 0.328 e. The highest BCUT2D eigenvalue weighted by Crippen LogP contribution is 2.46. The van der Waals surface area contributed by atoms with Gasteiger partial charge in [-0.05, 0) is 43.4 Å². The quantitative estimate of drug-likeness (QED) is 0.719. The second kappa shape index (κ2) is 4.22. The van der Waals surface area contributed by atoms with Gasteiger partial charge in [0.2, 0.25) is 0 Å². The van der Waals surface area contributed by atoms with Gasteiger partial charge in [-0.3, -0.25) is 0 Å². The van der Waals surface area contributed by atoms with Crippen molar-refractivity contribution in [3.05, 3.63) is 0 Å². The third kappa shape index (κ3) is 1.84. The van der Waals surface area contributed by atoms with E-state index in [9.17, 15) is 0 Å². The number of rotatable bonds is 2. The Morgan fingerprint density at radius 3 is 2.21 bits per heavy atom. The third-order valence-electron chi connectivity index (χ3n) is 4.86. The topological polar surface area (TPSA) is 26.0 Å². The van der Waals surface area contributed by atoms with Crippen molar-refractivity contribution in [2.24, 2.45) is 29.4 Å². The Kier molecular flexibility index (Phi) is 3.16. The number of hydrogen-bond donors (Lipinski definition) is 1. The van der Waals surface area contributed by atoms with Gasteiger partial charge in [-0.1, -0.05) is 32.6 Å². The van der Waals surface area contributed by atoms with E-state index in [1.165, 1.54) is 38.5 Å². The SMILES string of the molecule is CC(N)C1CCC(C2CCCC2)C1C. The molecule has 0 bridgehead atoms. The first-order valence-electron chi connectivity index (χ1n) is 6.45. The maximum absolute atomic E-state index is 6.05. The second-order valence-electron chi connectivity index (χ2n) is 5.67. The summed E-state index contributed by atoms with van der Waals surface area (Å²) < 4.78 is 0. The predicted molar refractivity (Wildman–Crippen MR) is 61.0 cm³/mol. The van der Waals surface area contributed by atoms with Gasteiger partial charge in [0.1, 0.15) is 0 Å². The molecule has 4 unspecified atom stereocenters. The van der Waals surface area contributed by atoms with Gasteiger partial charge in [0.25, 0.3) is 0 Å². The Morgan fingerprint density at radius 1 is 1.07 bits per heavy atom. The van der Waals surface area contributed by atoms with Crippen molar-refractivity contribution in [1.82, 2.24) is 0 Å². The molecule has 2 N–H and O–H groups in total. The van der Waals surface area contributed by atoms with Crippen LogP contribution in [-0.4, -0.2) is 6.04 Å². The van der Waals surface area contributed by atoms with Crippen molar-refractivity contribution in [2.75, 3.05) is 0 Å². The Hall–Kier alpha value is -0.0400. The zero-order valence-corrected chi connectivity index (χ0v) is 9.71. The Morgan fingerprint density at radius 2 is 1.71 bits per heavy atom. The standard InChI is InChI=1S/C13H25N/c1-9-12(10(2)14)7-8-13(9)11-5-3-4-6-11/h9-13H,3-8,14H2,1-2H3. The molecule has 0 aliphatic heterocycles. The van der Waals surface area contributed by atoms with Gasteiger partial charge in [0.05, 0.1) is 0 Å². The number of nitrogens with two attached hydrogens (primary N) is 1. The van der Waals surface area contributed by atoms with E-state index in [1.54, 1.807) is 0 Å². The molecule has 82 valence electrons. The van der Waals surface area contributed by atoms with Gasteiger partial charge >= 0.3 is 0 Å². The fourth-order valence-electron chi connectivity index (χ4n) is 4.02. The second-order valence-corrected chi connectivity index (χ2v) is 5.67. The van der Waals surface area contributed by atoms with Crippen LogP contribution in [-0.2, 0) is 0 Å². The number of hydrogen-bond acceptors (Lipinski definition) is 1. The van der Waals surface area contributed by atoms with Gasteiger partial charge in [-0.2, -0.15) is 0 Å². The highest BCUT2D eigenvalue weighted by atomic mass is 14.7. The smallest absolute Gasteiger partial charge is 0.00414 e. The minimum absolute atomic E-state index is 0.413. The van der Waals surface area contributed by atoms with Crippen molar-refractivity contribution >= 4 is 0 Å². The molecule has 2 aliphatic rings. The van der Waals surface area contributed by atoms with Crippen LogP contribution in [0.2, 0.25) is 0 Å². The van der Waals surface area contributed by atoms with E-state index in [0.29, 0.717) is 6.04 Å². The fourth-order valence-corrected chi connectivity index (χ4v) is 4.02. The van der Waals surface area contributed by atoms with E-state index >= 15 is 0 Å². The van der Waals surface area contributed by atoms with E-state index < -0.39 is 0 Å². The monoisotopic (exact) mass is 195 g/mol. The zero-order valence-electron chi connectivity index (χ0n) is 9.71. The van der Waals surface area contributed by atoms with Crippen LogP contribution in [0.25, 0.3) is 0 Å². The van der Waals surface area contributed by atoms with E-state index in [0.717, 1.165) is 23.7 Å². The van der Waals surface area contributed by atoms with Gasteiger partial charge in [-0.15, -0.1) is 0 Å². The first kappa shape index (κ1) is 10.5. The molecule has 0 aromatic carbocycles. The van der Waals surface area contributed by atoms with Crippen LogP contribution in [0, 0.1) is 23.7 Å². The summed E-state index contributed by atoms with van der Waals surface area (Å²) in [4.78, 5) is 0. The molecule has 2 aliphatic carbocycles. The fraction of sp³-hybridized carbons (Fsp3) is 1.00. The Labute approximate surface area is 88.4 Å². The molecule has 4 atom stereocenters. The van der Waals surface area contributed by atoms with Crippen LogP contribution in [0.1, 0.15) is 52.4 Å². The average Bonchev–Trinajstić information content (AvgIpc) is 2.71. The molecule has 0 heterocycles. The molecule has 0 aromatic rings. The van der Waals surface area contributed by atoms with E-state index in [-0.39, 0.29) is 0 Å². The van der Waals surface area contributed by atoms with Crippen LogP contribution in [0.5, 0.6) is 0 Å². The molecule has 2 saturated carbocycles. The average molecular weight is 195 g/mol. The van der Waals surface area contributed by atoms with Gasteiger partial charge in [0.15, 0.2) is 0 Å². The molecular formula is C13H25N. The zero-order chi connectivity index (χ0) is 10.1. The lowest BCUT2D eigenvalue weighted by Gasteiger charge is -2.27. The molecule has 1 nitrogen and oxygen atoms in total. The molecule has 0 saturated heterocycles. The summed E-state index contributed by atoms with van der Waals surface area (Å²) in [7, 11) is 0. The van der Waals surface area contributed by atoms with Crippen LogP contribution in [0.15, 0.2) is 0 Å². The molecule has 0 radical (unpaired) electrons. The van der Waals surface area contributed by atoms with Gasteiger partial charge in [-0.25, -0.2) is 0 Å². The summed E-state index contributed by atoms with van der Waals surface area (Å²) in [5, 5.41) is 0. The van der Waals surface area contributed by atoms with E-state index in [2.05, 4.69) is 13.8 Å². The molecule has 1 heteroatoms. The minimum atomic E-state index is 0.413. The van der Waals surface area contributed by atoms with Gasteiger partial charge in [0, 0.05) is 6.04 Å². The molecule has 0 amide bonds. The summed E-state index contributed by atoms with van der Waals surface area (Å²) in [5.41, 5.74) is 6.05. The van der Waals surface area contributed by atoms with Crippen molar-refractivity contribution in [3.8, 4) is 0 Å². The summed E-state index contributed by atoms with van der Waals surface area (Å²) >= 11 is 0. The lowest BCUT2D eigenvalue weighted by Crippen LogP contribution is -2.30. The lowest BCUT2D eigenvalue weighted by molar-refractivity contribution is 0.234. The molecular weight excluding hydrogens is 170 g/mol. The molecule has 2 rings (SSSR count). The normalized spacial score (nSPS) is 41.8. The first-order valence-corrected chi connectivity index (χ1v) is 6.45. The van der Waals surface area contributed by atoms with Crippen LogP contribution < -0.4 is 5.73 Å². The lowest BCUT2D eigenvalue weighted by atomic mass is 9.80. The molecule has 0 aromatic heterocycles. The Balaban J connectivity index is 1.95. The summed E-state index contributed by atoms with van der Waals surface area (Å²) in [6, 6.07) is 0.413. The highest BCUT2D eigenvalue weighted by Gasteiger charge is 2.39. The third-order valence-corrected chi connectivity index (χ3v) is 4.86.